The zero-order valence-electron chi connectivity index (χ0n) is 14.9. The number of benzene rings is 2. The van der Waals surface area contributed by atoms with E-state index in [1.807, 2.05) is 50.2 Å². The molecule has 0 radical (unpaired) electrons. The van der Waals surface area contributed by atoms with Crippen molar-refractivity contribution >= 4 is 17.5 Å². The first-order valence-electron chi connectivity index (χ1n) is 8.29. The molecule has 0 saturated carbocycles. The third kappa shape index (κ3) is 3.89. The highest BCUT2D eigenvalue weighted by Crippen LogP contribution is 2.25. The fraction of sp³-hybridized carbons (Fsp3) is 0.200. The number of nitrogens with zero attached hydrogens (tertiary/aromatic N) is 2. The summed E-state index contributed by atoms with van der Waals surface area (Å²) in [5.41, 5.74) is 2.77. The number of methoxy groups -OCH3 is 1. The lowest BCUT2D eigenvalue weighted by atomic mass is 10.1. The molecule has 1 amide bonds. The minimum Gasteiger partial charge on any atom is -0.497 e. The van der Waals surface area contributed by atoms with Gasteiger partial charge in [-0.3, -0.25) is 4.79 Å². The van der Waals surface area contributed by atoms with Crippen LogP contribution >= 0.6 is 11.6 Å². The maximum absolute atomic E-state index is 12.7. The van der Waals surface area contributed by atoms with E-state index < -0.39 is 0 Å². The summed E-state index contributed by atoms with van der Waals surface area (Å²) in [6, 6.07) is 16.6. The molecular weight excluding hydrogens is 350 g/mol. The molecule has 3 aromatic rings. The molecule has 6 heteroatoms. The third-order valence-corrected chi connectivity index (χ3v) is 4.04. The first-order valence-corrected chi connectivity index (χ1v) is 8.67. The molecule has 0 spiro atoms. The third-order valence-electron chi connectivity index (χ3n) is 3.80. The van der Waals surface area contributed by atoms with Crippen LogP contribution in [0.1, 0.15) is 24.3 Å². The van der Waals surface area contributed by atoms with Gasteiger partial charge in [0.2, 0.25) is 0 Å². The second-order valence-electron chi connectivity index (χ2n) is 6.16. The van der Waals surface area contributed by atoms with Gasteiger partial charge in [0.15, 0.2) is 0 Å². The van der Waals surface area contributed by atoms with E-state index in [1.165, 1.54) is 0 Å². The lowest BCUT2D eigenvalue weighted by molar-refractivity contribution is 0.0935. The number of amides is 1. The maximum atomic E-state index is 12.7. The average molecular weight is 370 g/mol. The second kappa shape index (κ2) is 7.62. The fourth-order valence-electron chi connectivity index (χ4n) is 2.59. The Bertz CT molecular complexity index is 917. The number of halogens is 1. The Balaban J connectivity index is 2.08. The predicted octanol–water partition coefficient (Wildman–Crippen LogP) is 4.34. The molecule has 1 aromatic heterocycles. The van der Waals surface area contributed by atoms with Crippen LogP contribution in [-0.4, -0.2) is 28.8 Å². The molecule has 2 aromatic carbocycles. The van der Waals surface area contributed by atoms with E-state index in [-0.39, 0.29) is 11.9 Å². The van der Waals surface area contributed by atoms with Crippen molar-refractivity contribution in [1.82, 2.24) is 15.1 Å². The largest absolute Gasteiger partial charge is 0.497 e. The van der Waals surface area contributed by atoms with Crippen molar-refractivity contribution in [3.63, 3.8) is 0 Å². The van der Waals surface area contributed by atoms with Gasteiger partial charge in [-0.05, 0) is 62.4 Å². The molecule has 3 rings (SSSR count). The van der Waals surface area contributed by atoms with Crippen molar-refractivity contribution in [2.24, 2.45) is 0 Å². The minimum absolute atomic E-state index is 0.0228. The van der Waals surface area contributed by atoms with Gasteiger partial charge < -0.3 is 10.1 Å². The summed E-state index contributed by atoms with van der Waals surface area (Å²) in [7, 11) is 1.62. The van der Waals surface area contributed by atoms with Gasteiger partial charge in [-0.15, -0.1) is 0 Å². The topological polar surface area (TPSA) is 56.1 Å². The first-order chi connectivity index (χ1) is 12.5. The van der Waals surface area contributed by atoms with E-state index in [0.717, 1.165) is 17.0 Å². The van der Waals surface area contributed by atoms with Crippen molar-refractivity contribution in [3.8, 4) is 22.7 Å². The normalized spacial score (nSPS) is 10.8. The predicted molar refractivity (Wildman–Crippen MR) is 103 cm³/mol. The Kier molecular flexibility index (Phi) is 5.28. The molecule has 0 fully saturated rings. The van der Waals surface area contributed by atoms with Crippen LogP contribution in [0.15, 0.2) is 54.6 Å². The lowest BCUT2D eigenvalue weighted by Crippen LogP contribution is -2.31. The smallest absolute Gasteiger partial charge is 0.270 e. The van der Waals surface area contributed by atoms with Crippen LogP contribution in [0.5, 0.6) is 5.75 Å². The molecule has 26 heavy (non-hydrogen) atoms. The highest BCUT2D eigenvalue weighted by atomic mass is 35.5. The Hall–Kier alpha value is -2.79. The number of hydrogen-bond acceptors (Lipinski definition) is 3. The number of hydrogen-bond donors (Lipinski definition) is 1. The molecular formula is C20H20ClN3O2. The summed E-state index contributed by atoms with van der Waals surface area (Å²) in [6.45, 7) is 3.84. The van der Waals surface area contributed by atoms with Crippen LogP contribution in [0.2, 0.25) is 5.02 Å². The van der Waals surface area contributed by atoms with Crippen molar-refractivity contribution in [3.05, 3.63) is 65.3 Å². The van der Waals surface area contributed by atoms with Gasteiger partial charge in [-0.2, -0.15) is 5.10 Å². The zero-order chi connectivity index (χ0) is 18.7. The molecule has 0 atom stereocenters. The second-order valence-corrected chi connectivity index (χ2v) is 6.60. The molecule has 0 saturated heterocycles. The monoisotopic (exact) mass is 369 g/mol. The SMILES string of the molecule is COc1ccc(-c2cc(C(=O)NC(C)C)n(-c3cccc(Cl)c3)n2)cc1. The summed E-state index contributed by atoms with van der Waals surface area (Å²) in [4.78, 5) is 12.7. The number of ether oxygens (including phenoxy) is 1. The fourth-order valence-corrected chi connectivity index (χ4v) is 2.77. The van der Waals surface area contributed by atoms with Gasteiger partial charge in [0.05, 0.1) is 18.5 Å². The molecule has 0 bridgehead atoms. The van der Waals surface area contributed by atoms with E-state index in [2.05, 4.69) is 10.4 Å². The number of aromatic nitrogens is 2. The molecule has 0 aliphatic carbocycles. The Labute approximate surface area is 157 Å². The van der Waals surface area contributed by atoms with Crippen LogP contribution in [-0.2, 0) is 0 Å². The van der Waals surface area contributed by atoms with Crippen LogP contribution in [0.4, 0.5) is 0 Å². The summed E-state index contributed by atoms with van der Waals surface area (Å²) in [6.07, 6.45) is 0. The zero-order valence-corrected chi connectivity index (χ0v) is 15.6. The minimum atomic E-state index is -0.188. The van der Waals surface area contributed by atoms with Gasteiger partial charge in [-0.1, -0.05) is 17.7 Å². The van der Waals surface area contributed by atoms with Gasteiger partial charge in [-0.25, -0.2) is 4.68 Å². The van der Waals surface area contributed by atoms with Crippen molar-refractivity contribution in [1.29, 1.82) is 0 Å². The molecule has 0 aliphatic heterocycles. The first kappa shape index (κ1) is 18.0. The van der Waals surface area contributed by atoms with Gasteiger partial charge >= 0.3 is 0 Å². The number of nitrogens with one attached hydrogen (secondary N) is 1. The summed E-state index contributed by atoms with van der Waals surface area (Å²) < 4.78 is 6.81. The van der Waals surface area contributed by atoms with Crippen molar-refractivity contribution in [2.45, 2.75) is 19.9 Å². The Morgan fingerprint density at radius 2 is 1.88 bits per heavy atom. The summed E-state index contributed by atoms with van der Waals surface area (Å²) in [5, 5.41) is 8.13. The number of carbonyl (C=O) groups is 1. The maximum Gasteiger partial charge on any atom is 0.270 e. The molecule has 1 heterocycles. The highest BCUT2D eigenvalue weighted by molar-refractivity contribution is 6.30. The van der Waals surface area contributed by atoms with Crippen LogP contribution in [0.3, 0.4) is 0 Å². The van der Waals surface area contributed by atoms with Crippen LogP contribution < -0.4 is 10.1 Å². The standard InChI is InChI=1S/C20H20ClN3O2/c1-13(2)22-20(25)19-12-18(14-7-9-17(26-3)10-8-14)23-24(19)16-6-4-5-15(21)11-16/h4-13H,1-3H3,(H,22,25). The van der Waals surface area contributed by atoms with E-state index in [0.29, 0.717) is 16.4 Å². The van der Waals surface area contributed by atoms with Gasteiger partial charge in [0.1, 0.15) is 11.4 Å². The Morgan fingerprint density at radius 3 is 2.50 bits per heavy atom. The Morgan fingerprint density at radius 1 is 1.15 bits per heavy atom. The van der Waals surface area contributed by atoms with Gasteiger partial charge in [0.25, 0.3) is 5.91 Å². The number of rotatable bonds is 5. The van der Waals surface area contributed by atoms with Gasteiger partial charge in [0, 0.05) is 16.6 Å². The van der Waals surface area contributed by atoms with Crippen LogP contribution in [0, 0.1) is 0 Å². The molecule has 134 valence electrons. The van der Waals surface area contributed by atoms with E-state index in [1.54, 1.807) is 30.0 Å². The average Bonchev–Trinajstić information content (AvgIpc) is 3.07. The summed E-state index contributed by atoms with van der Waals surface area (Å²) in [5.74, 6) is 0.577. The molecule has 5 nitrogen and oxygen atoms in total. The van der Waals surface area contributed by atoms with Crippen molar-refractivity contribution in [2.75, 3.05) is 7.11 Å². The van der Waals surface area contributed by atoms with Crippen LogP contribution in [0.25, 0.3) is 16.9 Å². The van der Waals surface area contributed by atoms with E-state index in [4.69, 9.17) is 16.3 Å². The molecule has 1 N–H and O–H groups in total. The number of carbonyl (C=O) groups excluding carboxylic acids is 1. The quantitative estimate of drug-likeness (QED) is 0.727. The van der Waals surface area contributed by atoms with E-state index in [9.17, 15) is 4.79 Å². The summed E-state index contributed by atoms with van der Waals surface area (Å²) >= 11 is 6.11. The highest BCUT2D eigenvalue weighted by Gasteiger charge is 2.18. The van der Waals surface area contributed by atoms with E-state index >= 15 is 0 Å². The molecule has 0 aliphatic rings. The molecule has 0 unspecified atom stereocenters. The van der Waals surface area contributed by atoms with Crippen molar-refractivity contribution < 1.29 is 9.53 Å². The lowest BCUT2D eigenvalue weighted by Gasteiger charge is -2.10.